The van der Waals surface area contributed by atoms with Gasteiger partial charge in [0.05, 0.1) is 16.9 Å². The maximum Gasteiger partial charge on any atom is 0.181 e. The number of nitrogens with zero attached hydrogens (tertiary/aromatic N) is 3. The molecule has 112 valence electrons. The summed E-state index contributed by atoms with van der Waals surface area (Å²) in [7, 11) is 0. The highest BCUT2D eigenvalue weighted by molar-refractivity contribution is 9.10. The standard InChI is InChI=1S/C16H14BrClN4/c17-14-8-20-16-15(19-7-10-5-6-10)21-13(9-22(14)16)11-3-1-2-4-12(11)18/h1-4,8-10H,5-7H2,(H,19,21). The Morgan fingerprint density at radius 2 is 2.14 bits per heavy atom. The lowest BCUT2D eigenvalue weighted by Gasteiger charge is -2.10. The van der Waals surface area contributed by atoms with Gasteiger partial charge < -0.3 is 5.32 Å². The predicted octanol–water partition coefficient (Wildman–Crippen LogP) is 4.63. The van der Waals surface area contributed by atoms with Crippen LogP contribution >= 0.6 is 27.5 Å². The van der Waals surface area contributed by atoms with Gasteiger partial charge in [0.1, 0.15) is 4.60 Å². The van der Waals surface area contributed by atoms with Crippen molar-refractivity contribution in [3.63, 3.8) is 0 Å². The molecule has 1 aromatic carbocycles. The lowest BCUT2D eigenvalue weighted by atomic mass is 10.1. The van der Waals surface area contributed by atoms with Crippen molar-refractivity contribution >= 4 is 39.0 Å². The molecule has 0 saturated heterocycles. The van der Waals surface area contributed by atoms with Crippen LogP contribution < -0.4 is 5.32 Å². The number of anilines is 1. The quantitative estimate of drug-likeness (QED) is 0.720. The smallest absolute Gasteiger partial charge is 0.181 e. The molecule has 6 heteroatoms. The molecule has 1 N–H and O–H groups in total. The van der Waals surface area contributed by atoms with Crippen LogP contribution in [0.15, 0.2) is 41.3 Å². The van der Waals surface area contributed by atoms with E-state index in [1.165, 1.54) is 12.8 Å². The van der Waals surface area contributed by atoms with Gasteiger partial charge in [-0.2, -0.15) is 0 Å². The van der Waals surface area contributed by atoms with E-state index in [1.54, 1.807) is 6.20 Å². The Kier molecular flexibility index (Phi) is 3.54. The van der Waals surface area contributed by atoms with Crippen LogP contribution in [0.4, 0.5) is 5.82 Å². The van der Waals surface area contributed by atoms with Crippen LogP contribution in [0.2, 0.25) is 5.02 Å². The molecule has 0 aliphatic heterocycles. The fraction of sp³-hybridized carbons (Fsp3) is 0.250. The Bertz CT molecular complexity index is 841. The van der Waals surface area contributed by atoms with Gasteiger partial charge in [0.25, 0.3) is 0 Å². The molecule has 2 heterocycles. The van der Waals surface area contributed by atoms with Crippen molar-refractivity contribution in [2.24, 2.45) is 5.92 Å². The highest BCUT2D eigenvalue weighted by atomic mass is 79.9. The molecule has 0 spiro atoms. The average Bonchev–Trinajstić information content (AvgIpc) is 3.28. The van der Waals surface area contributed by atoms with Gasteiger partial charge in [-0.1, -0.05) is 29.8 Å². The molecule has 2 aromatic heterocycles. The summed E-state index contributed by atoms with van der Waals surface area (Å²) in [5.74, 6) is 1.57. The molecule has 0 amide bonds. The van der Waals surface area contributed by atoms with Crippen LogP contribution in [0.25, 0.3) is 16.9 Å². The lowest BCUT2D eigenvalue weighted by Crippen LogP contribution is -2.08. The third-order valence-corrected chi connectivity index (χ3v) is 4.77. The fourth-order valence-electron chi connectivity index (χ4n) is 2.44. The maximum atomic E-state index is 6.32. The van der Waals surface area contributed by atoms with Crippen LogP contribution in [-0.4, -0.2) is 20.9 Å². The van der Waals surface area contributed by atoms with Gasteiger partial charge in [-0.05, 0) is 40.8 Å². The Labute approximate surface area is 141 Å². The largest absolute Gasteiger partial charge is 0.367 e. The van der Waals surface area contributed by atoms with Crippen LogP contribution in [0, 0.1) is 5.92 Å². The second-order valence-electron chi connectivity index (χ2n) is 5.55. The van der Waals surface area contributed by atoms with E-state index in [2.05, 4.69) is 26.2 Å². The van der Waals surface area contributed by atoms with E-state index in [-0.39, 0.29) is 0 Å². The average molecular weight is 378 g/mol. The Morgan fingerprint density at radius 3 is 2.91 bits per heavy atom. The van der Waals surface area contributed by atoms with Crippen LogP contribution in [0.5, 0.6) is 0 Å². The van der Waals surface area contributed by atoms with Crippen LogP contribution in [0.3, 0.4) is 0 Å². The van der Waals surface area contributed by atoms with Crippen molar-refractivity contribution < 1.29 is 0 Å². The maximum absolute atomic E-state index is 6.32. The van der Waals surface area contributed by atoms with Crippen molar-refractivity contribution in [3.8, 4) is 11.3 Å². The van der Waals surface area contributed by atoms with E-state index in [1.807, 2.05) is 34.9 Å². The Hall–Kier alpha value is -1.59. The molecule has 0 atom stereocenters. The number of imidazole rings is 1. The number of hydrogen-bond donors (Lipinski definition) is 1. The fourth-order valence-corrected chi connectivity index (χ4v) is 3.05. The zero-order chi connectivity index (χ0) is 15.1. The summed E-state index contributed by atoms with van der Waals surface area (Å²) in [6.45, 7) is 0.944. The Balaban J connectivity index is 1.84. The molecular weight excluding hydrogens is 364 g/mol. The second-order valence-corrected chi connectivity index (χ2v) is 6.77. The first-order chi connectivity index (χ1) is 10.7. The number of hydrogen-bond acceptors (Lipinski definition) is 3. The van der Waals surface area contributed by atoms with E-state index >= 15 is 0 Å². The first-order valence-corrected chi connectivity index (χ1v) is 8.42. The van der Waals surface area contributed by atoms with E-state index in [9.17, 15) is 0 Å². The van der Waals surface area contributed by atoms with Crippen LogP contribution in [-0.2, 0) is 0 Å². The number of benzene rings is 1. The van der Waals surface area contributed by atoms with E-state index < -0.39 is 0 Å². The number of nitrogens with one attached hydrogen (secondary N) is 1. The lowest BCUT2D eigenvalue weighted by molar-refractivity contribution is 0.881. The van der Waals surface area contributed by atoms with Crippen molar-refractivity contribution in [2.45, 2.75) is 12.8 Å². The van der Waals surface area contributed by atoms with Crippen molar-refractivity contribution in [1.29, 1.82) is 0 Å². The minimum atomic E-state index is 0.693. The summed E-state index contributed by atoms with van der Waals surface area (Å²) in [5.41, 5.74) is 2.57. The third kappa shape index (κ3) is 2.59. The molecule has 0 radical (unpaired) electrons. The van der Waals surface area contributed by atoms with Gasteiger partial charge in [-0.15, -0.1) is 0 Å². The third-order valence-electron chi connectivity index (χ3n) is 3.85. The molecule has 1 fully saturated rings. The summed E-state index contributed by atoms with van der Waals surface area (Å²) in [5, 5.41) is 4.13. The molecular formula is C16H14BrClN4. The zero-order valence-corrected chi connectivity index (χ0v) is 14.1. The SMILES string of the molecule is Clc1ccccc1-c1cn2c(Br)cnc2c(NCC2CC2)n1. The summed E-state index contributed by atoms with van der Waals surface area (Å²) in [6, 6.07) is 7.74. The Morgan fingerprint density at radius 1 is 1.32 bits per heavy atom. The van der Waals surface area contributed by atoms with Gasteiger partial charge in [-0.25, -0.2) is 9.97 Å². The van der Waals surface area contributed by atoms with E-state index in [0.717, 1.165) is 39.8 Å². The summed E-state index contributed by atoms with van der Waals surface area (Å²) >= 11 is 9.85. The molecule has 0 unspecified atom stereocenters. The minimum absolute atomic E-state index is 0.693. The molecule has 0 bridgehead atoms. The van der Waals surface area contributed by atoms with Crippen LogP contribution in [0.1, 0.15) is 12.8 Å². The molecule has 4 nitrogen and oxygen atoms in total. The molecule has 4 rings (SSSR count). The summed E-state index contributed by atoms with van der Waals surface area (Å²) < 4.78 is 2.88. The number of aromatic nitrogens is 3. The minimum Gasteiger partial charge on any atom is -0.367 e. The van der Waals surface area contributed by atoms with Gasteiger partial charge in [0, 0.05) is 18.3 Å². The van der Waals surface area contributed by atoms with Crippen molar-refractivity contribution in [1.82, 2.24) is 14.4 Å². The summed E-state index contributed by atoms with van der Waals surface area (Å²) in [4.78, 5) is 9.18. The summed E-state index contributed by atoms with van der Waals surface area (Å²) in [6.07, 6.45) is 6.34. The zero-order valence-electron chi connectivity index (χ0n) is 11.8. The topological polar surface area (TPSA) is 42.2 Å². The normalized spacial score (nSPS) is 14.5. The van der Waals surface area contributed by atoms with Gasteiger partial charge in [0.2, 0.25) is 0 Å². The van der Waals surface area contributed by atoms with Gasteiger partial charge in [-0.3, -0.25) is 4.40 Å². The highest BCUT2D eigenvalue weighted by Crippen LogP contribution is 2.32. The highest BCUT2D eigenvalue weighted by Gasteiger charge is 2.22. The monoisotopic (exact) mass is 376 g/mol. The molecule has 1 aliphatic carbocycles. The van der Waals surface area contributed by atoms with E-state index in [4.69, 9.17) is 16.6 Å². The molecule has 1 saturated carbocycles. The first-order valence-electron chi connectivity index (χ1n) is 7.25. The van der Waals surface area contributed by atoms with Crippen molar-refractivity contribution in [3.05, 3.63) is 46.3 Å². The predicted molar refractivity (Wildman–Crippen MR) is 92.3 cm³/mol. The number of rotatable bonds is 4. The van der Waals surface area contributed by atoms with Gasteiger partial charge in [0.15, 0.2) is 11.5 Å². The second kappa shape index (κ2) is 5.56. The molecule has 1 aliphatic rings. The molecule has 3 aromatic rings. The molecule has 22 heavy (non-hydrogen) atoms. The van der Waals surface area contributed by atoms with E-state index in [0.29, 0.717) is 5.02 Å². The number of fused-ring (bicyclic) bond motifs is 1. The van der Waals surface area contributed by atoms with Gasteiger partial charge >= 0.3 is 0 Å². The number of halogens is 2. The first kappa shape index (κ1) is 14.0. The van der Waals surface area contributed by atoms with Crippen molar-refractivity contribution in [2.75, 3.05) is 11.9 Å².